The van der Waals surface area contributed by atoms with E-state index in [1.165, 1.54) is 37.4 Å². The zero-order valence-corrected chi connectivity index (χ0v) is 23.9. The maximum Gasteiger partial charge on any atom is 0.268 e. The van der Waals surface area contributed by atoms with Crippen molar-refractivity contribution in [3.05, 3.63) is 111 Å². The van der Waals surface area contributed by atoms with Gasteiger partial charge in [-0.1, -0.05) is 53.5 Å². The van der Waals surface area contributed by atoms with Crippen LogP contribution >= 0.6 is 23.2 Å². The molecule has 0 fully saturated rings. The van der Waals surface area contributed by atoms with E-state index in [1.807, 2.05) is 0 Å². The van der Waals surface area contributed by atoms with Crippen molar-refractivity contribution in [2.45, 2.75) is 31.3 Å². The second kappa shape index (κ2) is 12.0. The van der Waals surface area contributed by atoms with Crippen LogP contribution in [0.25, 0.3) is 0 Å². The number of hydrogen-bond donors (Lipinski definition) is 1. The minimum atomic E-state index is -4.74. The summed E-state index contributed by atoms with van der Waals surface area (Å²) in [6.07, 6.45) is 0. The van der Waals surface area contributed by atoms with E-state index in [2.05, 4.69) is 10.3 Å². The number of sulfonamides is 1. The summed E-state index contributed by atoms with van der Waals surface area (Å²) in [6.45, 7) is 3.04. The molecule has 3 aromatic carbocycles. The number of ether oxygens (including phenoxy) is 1. The van der Waals surface area contributed by atoms with Crippen LogP contribution in [0.3, 0.4) is 0 Å². The van der Waals surface area contributed by atoms with Crippen LogP contribution in [0.15, 0.2) is 71.6 Å². The molecular weight excluding hydrogens is 586 g/mol. The number of benzene rings is 3. The number of aryl methyl sites for hydroxylation is 1. The first-order valence-electron chi connectivity index (χ1n) is 11.9. The van der Waals surface area contributed by atoms with Crippen molar-refractivity contribution in [2.24, 2.45) is 0 Å². The van der Waals surface area contributed by atoms with Crippen molar-refractivity contribution >= 4 is 44.7 Å². The molecule has 0 saturated heterocycles. The molecule has 0 aliphatic heterocycles. The number of rotatable bonds is 9. The molecule has 4 aromatic rings. The Bertz CT molecular complexity index is 1670. The van der Waals surface area contributed by atoms with Crippen LogP contribution in [0.4, 0.5) is 24.7 Å². The molecule has 6 nitrogen and oxygen atoms in total. The maximum atomic E-state index is 15.7. The number of halogens is 5. The molecule has 0 aliphatic rings. The third-order valence-electron chi connectivity index (χ3n) is 6.25. The molecule has 0 aliphatic carbocycles. The largest absolute Gasteiger partial charge is 0.497 e. The summed E-state index contributed by atoms with van der Waals surface area (Å²) < 4.78 is 77.9. The van der Waals surface area contributed by atoms with Gasteiger partial charge >= 0.3 is 0 Å². The van der Waals surface area contributed by atoms with Crippen molar-refractivity contribution in [1.29, 1.82) is 0 Å². The van der Waals surface area contributed by atoms with Crippen LogP contribution in [0, 0.1) is 24.5 Å². The van der Waals surface area contributed by atoms with Crippen LogP contribution in [-0.2, 0) is 16.6 Å². The molecule has 0 amide bonds. The first kappa shape index (κ1) is 29.5. The molecule has 0 unspecified atom stereocenters. The van der Waals surface area contributed by atoms with E-state index in [0.29, 0.717) is 16.9 Å². The highest BCUT2D eigenvalue weighted by Gasteiger charge is 2.33. The molecule has 0 bridgehead atoms. The number of nitrogens with zero attached hydrogens (tertiary/aromatic N) is 2. The molecular formula is C28H24Cl2F3N3O3S. The minimum absolute atomic E-state index is 0.114. The van der Waals surface area contributed by atoms with Gasteiger partial charge in [0.1, 0.15) is 27.3 Å². The molecule has 12 heteroatoms. The van der Waals surface area contributed by atoms with Gasteiger partial charge in [-0.25, -0.2) is 26.5 Å². The Balaban J connectivity index is 1.79. The Morgan fingerprint density at radius 3 is 2.40 bits per heavy atom. The fraction of sp³-hybridized carbons (Fsp3) is 0.179. The summed E-state index contributed by atoms with van der Waals surface area (Å²) in [4.78, 5) is 2.87. The molecule has 1 aromatic heterocycles. The van der Waals surface area contributed by atoms with Crippen molar-refractivity contribution in [1.82, 2.24) is 4.98 Å². The first-order valence-corrected chi connectivity index (χ1v) is 14.1. The van der Waals surface area contributed by atoms with Gasteiger partial charge in [0, 0.05) is 5.56 Å². The van der Waals surface area contributed by atoms with E-state index in [1.54, 1.807) is 38.1 Å². The summed E-state index contributed by atoms with van der Waals surface area (Å²) in [6, 6.07) is 14.8. The van der Waals surface area contributed by atoms with E-state index < -0.39 is 43.6 Å². The van der Waals surface area contributed by atoms with Gasteiger partial charge in [0.05, 0.1) is 30.4 Å². The van der Waals surface area contributed by atoms with E-state index in [-0.39, 0.29) is 28.6 Å². The van der Waals surface area contributed by atoms with Crippen molar-refractivity contribution in [3.8, 4) is 5.75 Å². The summed E-state index contributed by atoms with van der Waals surface area (Å²) >= 11 is 12.7. The van der Waals surface area contributed by atoms with E-state index >= 15 is 4.39 Å². The standard InChI is InChI=1S/C28H24Cl2F3N3O3S/c1-16-13-19(39-3)12-11-18(16)15-36(25-10-6-9-24(32)35-25)40(37,38)23-14-21(29)28(26(30)27(23)33)34-17(2)20-7-4-5-8-22(20)31/h4-14,17,34H,15H2,1-3H3/t17-/m0/s1. The summed E-state index contributed by atoms with van der Waals surface area (Å²) in [5, 5.41) is 2.02. The SMILES string of the molecule is COc1ccc(CN(c2cccc(F)n2)S(=O)(=O)c2cc(Cl)c(N[C@@H](C)c3ccccc3F)c(Cl)c2F)c(C)c1. The predicted octanol–water partition coefficient (Wildman–Crippen LogP) is 7.69. The highest BCUT2D eigenvalue weighted by molar-refractivity contribution is 7.92. The second-order valence-corrected chi connectivity index (χ2v) is 11.5. The fourth-order valence-electron chi connectivity index (χ4n) is 4.09. The molecule has 1 heterocycles. The average Bonchev–Trinajstić information content (AvgIpc) is 2.92. The predicted molar refractivity (Wildman–Crippen MR) is 150 cm³/mol. The lowest BCUT2D eigenvalue weighted by atomic mass is 10.1. The first-order chi connectivity index (χ1) is 18.9. The normalized spacial score (nSPS) is 12.2. The topological polar surface area (TPSA) is 71.5 Å². The van der Waals surface area contributed by atoms with Crippen molar-refractivity contribution in [3.63, 3.8) is 0 Å². The summed E-state index contributed by atoms with van der Waals surface area (Å²) in [7, 11) is -3.25. The third-order valence-corrected chi connectivity index (χ3v) is 8.65. The van der Waals surface area contributed by atoms with Gasteiger partial charge in [0.25, 0.3) is 10.0 Å². The third kappa shape index (κ3) is 5.99. The van der Waals surface area contributed by atoms with E-state index in [0.717, 1.165) is 16.4 Å². The van der Waals surface area contributed by atoms with Crippen LogP contribution in [0.2, 0.25) is 10.0 Å². The number of methoxy groups -OCH3 is 1. The van der Waals surface area contributed by atoms with E-state index in [9.17, 15) is 17.2 Å². The fourth-order valence-corrected chi connectivity index (χ4v) is 6.26. The zero-order valence-electron chi connectivity index (χ0n) is 21.6. The molecule has 1 N–H and O–H groups in total. The van der Waals surface area contributed by atoms with Crippen molar-refractivity contribution in [2.75, 3.05) is 16.7 Å². The molecule has 40 heavy (non-hydrogen) atoms. The number of aromatic nitrogens is 1. The van der Waals surface area contributed by atoms with Gasteiger partial charge in [0.15, 0.2) is 5.82 Å². The molecule has 0 saturated carbocycles. The highest BCUT2D eigenvalue weighted by atomic mass is 35.5. The second-order valence-electron chi connectivity index (χ2n) is 8.87. The minimum Gasteiger partial charge on any atom is -0.497 e. The Hall–Kier alpha value is -3.47. The molecule has 0 spiro atoms. The van der Waals surface area contributed by atoms with Crippen molar-refractivity contribution < 1.29 is 26.3 Å². The monoisotopic (exact) mass is 609 g/mol. The van der Waals surface area contributed by atoms with Gasteiger partial charge in [-0.15, -0.1) is 0 Å². The Labute approximate surface area is 240 Å². The highest BCUT2D eigenvalue weighted by Crippen LogP contribution is 2.40. The molecule has 0 radical (unpaired) electrons. The molecule has 1 atom stereocenters. The van der Waals surface area contributed by atoms with Crippen LogP contribution in [0.1, 0.15) is 29.7 Å². The van der Waals surface area contributed by atoms with Crippen LogP contribution < -0.4 is 14.4 Å². The van der Waals surface area contributed by atoms with Gasteiger partial charge in [-0.2, -0.15) is 4.39 Å². The van der Waals surface area contributed by atoms with Gasteiger partial charge in [0.2, 0.25) is 5.95 Å². The lowest BCUT2D eigenvalue weighted by molar-refractivity contribution is 0.414. The lowest BCUT2D eigenvalue weighted by Gasteiger charge is -2.26. The van der Waals surface area contributed by atoms with Gasteiger partial charge < -0.3 is 10.1 Å². The number of pyridine rings is 1. The van der Waals surface area contributed by atoms with Gasteiger partial charge in [-0.3, -0.25) is 0 Å². The molecule has 210 valence electrons. The van der Waals surface area contributed by atoms with Crippen LogP contribution in [0.5, 0.6) is 5.75 Å². The maximum absolute atomic E-state index is 15.7. The Morgan fingerprint density at radius 1 is 1.02 bits per heavy atom. The molecule has 4 rings (SSSR count). The van der Waals surface area contributed by atoms with Crippen LogP contribution in [-0.4, -0.2) is 20.5 Å². The number of nitrogens with one attached hydrogen (secondary N) is 1. The van der Waals surface area contributed by atoms with E-state index in [4.69, 9.17) is 27.9 Å². The smallest absolute Gasteiger partial charge is 0.268 e. The number of hydrogen-bond acceptors (Lipinski definition) is 5. The zero-order chi connectivity index (χ0) is 29.2. The Morgan fingerprint density at radius 2 is 1.75 bits per heavy atom. The quantitative estimate of drug-likeness (QED) is 0.155. The van der Waals surface area contributed by atoms with Gasteiger partial charge in [-0.05, 0) is 61.4 Å². The number of anilines is 2. The average molecular weight is 610 g/mol. The summed E-state index contributed by atoms with van der Waals surface area (Å²) in [5.74, 6) is -2.44. The Kier molecular flexibility index (Phi) is 8.82. The lowest BCUT2D eigenvalue weighted by Crippen LogP contribution is -2.32. The summed E-state index contributed by atoms with van der Waals surface area (Å²) in [5.41, 5.74) is 1.36.